The summed E-state index contributed by atoms with van der Waals surface area (Å²) in [6.45, 7) is 7.47. The molecule has 2 unspecified atom stereocenters. The standard InChI is InChI=1S/C17H27N5.HI/c1-12-5-4-8-19-15(12)9-20-17(18-3)21-16-11-22(10-13(16)2)14-6-7-14;/h4-5,8,13-14,16H,6-7,9-11H2,1-3H3,(H2,18,20,21);1H. The van der Waals surface area contributed by atoms with Crippen molar-refractivity contribution in [3.05, 3.63) is 29.6 Å². The Morgan fingerprint density at radius 1 is 1.39 bits per heavy atom. The number of guanidine groups is 1. The van der Waals surface area contributed by atoms with Gasteiger partial charge in [-0.2, -0.15) is 0 Å². The highest BCUT2D eigenvalue weighted by atomic mass is 127. The Labute approximate surface area is 156 Å². The quantitative estimate of drug-likeness (QED) is 0.438. The molecule has 1 aromatic rings. The van der Waals surface area contributed by atoms with E-state index in [4.69, 9.17) is 0 Å². The summed E-state index contributed by atoms with van der Waals surface area (Å²) in [5.41, 5.74) is 2.28. The summed E-state index contributed by atoms with van der Waals surface area (Å²) in [6.07, 6.45) is 4.60. The molecule has 2 atom stereocenters. The minimum absolute atomic E-state index is 0. The number of pyridine rings is 1. The van der Waals surface area contributed by atoms with Gasteiger partial charge < -0.3 is 10.6 Å². The monoisotopic (exact) mass is 429 g/mol. The molecule has 2 N–H and O–H groups in total. The van der Waals surface area contributed by atoms with Crippen molar-refractivity contribution in [3.63, 3.8) is 0 Å². The molecular weight excluding hydrogens is 401 g/mol. The van der Waals surface area contributed by atoms with Crippen LogP contribution in [0.2, 0.25) is 0 Å². The minimum atomic E-state index is 0. The van der Waals surface area contributed by atoms with E-state index in [1.165, 1.54) is 24.9 Å². The van der Waals surface area contributed by atoms with Crippen molar-refractivity contribution in [2.24, 2.45) is 10.9 Å². The van der Waals surface area contributed by atoms with Gasteiger partial charge in [-0.05, 0) is 37.3 Å². The van der Waals surface area contributed by atoms with Gasteiger partial charge in [0.1, 0.15) is 0 Å². The van der Waals surface area contributed by atoms with Crippen molar-refractivity contribution in [1.29, 1.82) is 0 Å². The zero-order chi connectivity index (χ0) is 15.5. The van der Waals surface area contributed by atoms with Gasteiger partial charge in [-0.1, -0.05) is 13.0 Å². The van der Waals surface area contributed by atoms with Crippen LogP contribution in [0.15, 0.2) is 23.3 Å². The maximum absolute atomic E-state index is 4.42. The molecule has 23 heavy (non-hydrogen) atoms. The second-order valence-electron chi connectivity index (χ2n) is 6.61. The third-order valence-electron chi connectivity index (χ3n) is 4.79. The summed E-state index contributed by atoms with van der Waals surface area (Å²) in [5.74, 6) is 1.54. The molecule has 1 saturated carbocycles. The summed E-state index contributed by atoms with van der Waals surface area (Å²) in [6, 6.07) is 5.39. The van der Waals surface area contributed by atoms with Crippen molar-refractivity contribution in [3.8, 4) is 0 Å². The van der Waals surface area contributed by atoms with Gasteiger partial charge in [0.25, 0.3) is 0 Å². The minimum Gasteiger partial charge on any atom is -0.352 e. The van der Waals surface area contributed by atoms with Crippen LogP contribution in [-0.2, 0) is 6.54 Å². The molecule has 1 aliphatic carbocycles. The van der Waals surface area contributed by atoms with Gasteiger partial charge in [-0.25, -0.2) is 0 Å². The first kappa shape index (κ1) is 18.4. The Kier molecular flexibility index (Phi) is 6.64. The molecule has 128 valence electrons. The molecule has 6 heteroatoms. The SMILES string of the molecule is CN=C(NCc1ncccc1C)NC1CN(C2CC2)CC1C.I. The third-order valence-corrected chi connectivity index (χ3v) is 4.79. The maximum Gasteiger partial charge on any atom is 0.191 e. The van der Waals surface area contributed by atoms with Gasteiger partial charge in [0.2, 0.25) is 0 Å². The summed E-state index contributed by atoms with van der Waals surface area (Å²) < 4.78 is 0. The Morgan fingerprint density at radius 3 is 2.83 bits per heavy atom. The number of nitrogens with zero attached hydrogens (tertiary/aromatic N) is 3. The van der Waals surface area contributed by atoms with Crippen LogP contribution in [0.3, 0.4) is 0 Å². The van der Waals surface area contributed by atoms with E-state index in [0.717, 1.165) is 24.2 Å². The van der Waals surface area contributed by atoms with Crippen LogP contribution in [0.5, 0.6) is 0 Å². The molecule has 0 spiro atoms. The molecule has 0 amide bonds. The number of likely N-dealkylation sites (tertiary alicyclic amines) is 1. The highest BCUT2D eigenvalue weighted by molar-refractivity contribution is 14.0. The van der Waals surface area contributed by atoms with Crippen molar-refractivity contribution < 1.29 is 0 Å². The zero-order valence-corrected chi connectivity index (χ0v) is 16.6. The summed E-state index contributed by atoms with van der Waals surface area (Å²) >= 11 is 0. The summed E-state index contributed by atoms with van der Waals surface area (Å²) in [4.78, 5) is 11.4. The fourth-order valence-electron chi connectivity index (χ4n) is 3.17. The van der Waals surface area contributed by atoms with E-state index >= 15 is 0 Å². The fourth-order valence-corrected chi connectivity index (χ4v) is 3.17. The lowest BCUT2D eigenvalue weighted by molar-refractivity contribution is 0.315. The summed E-state index contributed by atoms with van der Waals surface area (Å²) in [5, 5.41) is 6.98. The van der Waals surface area contributed by atoms with E-state index in [9.17, 15) is 0 Å². The van der Waals surface area contributed by atoms with Gasteiger partial charge in [0, 0.05) is 38.4 Å². The third kappa shape index (κ3) is 4.79. The number of rotatable bonds is 4. The zero-order valence-electron chi connectivity index (χ0n) is 14.2. The largest absolute Gasteiger partial charge is 0.352 e. The number of nitrogens with one attached hydrogen (secondary N) is 2. The molecule has 1 aliphatic heterocycles. The number of aryl methyl sites for hydroxylation is 1. The highest BCUT2D eigenvalue weighted by Crippen LogP contribution is 2.31. The van der Waals surface area contributed by atoms with Crippen LogP contribution < -0.4 is 10.6 Å². The molecule has 1 saturated heterocycles. The Hall–Kier alpha value is -0.890. The number of hydrogen-bond acceptors (Lipinski definition) is 3. The van der Waals surface area contributed by atoms with Crippen LogP contribution >= 0.6 is 24.0 Å². The van der Waals surface area contributed by atoms with E-state index in [2.05, 4.69) is 45.4 Å². The van der Waals surface area contributed by atoms with Gasteiger partial charge >= 0.3 is 0 Å². The van der Waals surface area contributed by atoms with E-state index in [1.54, 1.807) is 0 Å². The average molecular weight is 429 g/mol. The topological polar surface area (TPSA) is 52.6 Å². The van der Waals surface area contributed by atoms with Gasteiger partial charge in [-0.3, -0.25) is 14.9 Å². The molecule has 5 nitrogen and oxygen atoms in total. The predicted octanol–water partition coefficient (Wildman–Crippen LogP) is 2.16. The first-order chi connectivity index (χ1) is 10.7. The van der Waals surface area contributed by atoms with Crippen LogP contribution in [0.4, 0.5) is 0 Å². The predicted molar refractivity (Wildman–Crippen MR) is 105 cm³/mol. The molecule has 0 bridgehead atoms. The second kappa shape index (κ2) is 8.28. The van der Waals surface area contributed by atoms with E-state index in [0.29, 0.717) is 18.5 Å². The van der Waals surface area contributed by atoms with Gasteiger partial charge in [0.15, 0.2) is 5.96 Å². The van der Waals surface area contributed by atoms with Gasteiger partial charge in [-0.15, -0.1) is 24.0 Å². The van der Waals surface area contributed by atoms with E-state index < -0.39 is 0 Å². The molecule has 2 aliphatic rings. The van der Waals surface area contributed by atoms with Crippen molar-refractivity contribution in [1.82, 2.24) is 20.5 Å². The average Bonchev–Trinajstić information content (AvgIpc) is 3.30. The van der Waals surface area contributed by atoms with Crippen LogP contribution in [0, 0.1) is 12.8 Å². The first-order valence-corrected chi connectivity index (χ1v) is 8.29. The van der Waals surface area contributed by atoms with Crippen LogP contribution in [0.25, 0.3) is 0 Å². The molecule has 1 aromatic heterocycles. The van der Waals surface area contributed by atoms with Gasteiger partial charge in [0.05, 0.1) is 12.2 Å². The van der Waals surface area contributed by atoms with Crippen molar-refractivity contribution >= 4 is 29.9 Å². The summed E-state index contributed by atoms with van der Waals surface area (Å²) in [7, 11) is 1.83. The normalized spacial score (nSPS) is 25.1. The lowest BCUT2D eigenvalue weighted by atomic mass is 10.1. The Bertz CT molecular complexity index is 544. The lowest BCUT2D eigenvalue weighted by Crippen LogP contribution is -2.46. The molecular formula is C17H28IN5. The second-order valence-corrected chi connectivity index (χ2v) is 6.61. The molecule has 2 fully saturated rings. The first-order valence-electron chi connectivity index (χ1n) is 8.29. The van der Waals surface area contributed by atoms with Crippen LogP contribution in [0.1, 0.15) is 31.0 Å². The number of halogens is 1. The highest BCUT2D eigenvalue weighted by Gasteiger charge is 2.38. The van der Waals surface area contributed by atoms with Crippen LogP contribution in [-0.4, -0.2) is 48.1 Å². The fraction of sp³-hybridized carbons (Fsp3) is 0.647. The Morgan fingerprint density at radius 2 is 2.17 bits per heavy atom. The lowest BCUT2D eigenvalue weighted by Gasteiger charge is -2.20. The molecule has 2 heterocycles. The number of hydrogen-bond donors (Lipinski definition) is 2. The van der Waals surface area contributed by atoms with E-state index in [-0.39, 0.29) is 24.0 Å². The smallest absolute Gasteiger partial charge is 0.191 e. The molecule has 3 rings (SSSR count). The van der Waals surface area contributed by atoms with Crippen molar-refractivity contribution in [2.45, 2.75) is 45.3 Å². The van der Waals surface area contributed by atoms with E-state index in [1.807, 2.05) is 19.3 Å². The maximum atomic E-state index is 4.42. The Balaban J connectivity index is 0.00000192. The van der Waals surface area contributed by atoms with Crippen molar-refractivity contribution in [2.75, 3.05) is 20.1 Å². The number of aromatic nitrogens is 1. The molecule has 0 aromatic carbocycles. The molecule has 0 radical (unpaired) electrons. The number of aliphatic imine (C=N–C) groups is 1.